The predicted molar refractivity (Wildman–Crippen MR) is 68.3 cm³/mol. The summed E-state index contributed by atoms with van der Waals surface area (Å²) in [4.78, 5) is 10.5. The molecule has 0 aromatic heterocycles. The van der Waals surface area contributed by atoms with Crippen molar-refractivity contribution in [3.8, 4) is 11.1 Å². The third-order valence-corrected chi connectivity index (χ3v) is 2.91. The van der Waals surface area contributed by atoms with Crippen molar-refractivity contribution < 1.29 is 36.2 Å². The fourth-order valence-electron chi connectivity index (χ4n) is 1.93. The van der Waals surface area contributed by atoms with E-state index in [0.29, 0.717) is 6.08 Å². The Morgan fingerprint density at radius 1 is 0.826 bits per heavy atom. The van der Waals surface area contributed by atoms with Gasteiger partial charge in [-0.05, 0) is 17.7 Å². The van der Waals surface area contributed by atoms with Gasteiger partial charge >= 0.3 is 5.97 Å². The van der Waals surface area contributed by atoms with Crippen LogP contribution >= 0.6 is 0 Å². The smallest absolute Gasteiger partial charge is 0.328 e. The van der Waals surface area contributed by atoms with Crippen molar-refractivity contribution >= 4 is 12.0 Å². The molecule has 2 nitrogen and oxygen atoms in total. The van der Waals surface area contributed by atoms with Gasteiger partial charge in [-0.3, -0.25) is 0 Å². The monoisotopic (exact) mass is 332 g/mol. The van der Waals surface area contributed by atoms with Crippen LogP contribution in [0.5, 0.6) is 0 Å². The molecule has 0 saturated heterocycles. The molecule has 23 heavy (non-hydrogen) atoms. The van der Waals surface area contributed by atoms with E-state index in [2.05, 4.69) is 0 Å². The molecule has 2 aromatic rings. The third-order valence-electron chi connectivity index (χ3n) is 2.91. The minimum Gasteiger partial charge on any atom is -0.478 e. The summed E-state index contributed by atoms with van der Waals surface area (Å²) < 4.78 is 81.2. The number of carbonyl (C=O) groups is 1. The highest BCUT2D eigenvalue weighted by molar-refractivity contribution is 5.88. The fraction of sp³-hybridized carbons (Fsp3) is 0. The first-order valence-corrected chi connectivity index (χ1v) is 5.97. The van der Waals surface area contributed by atoms with Crippen LogP contribution in [0, 0.1) is 34.9 Å². The van der Waals surface area contributed by atoms with E-state index in [0.717, 1.165) is 24.3 Å². The summed E-state index contributed by atoms with van der Waals surface area (Å²) in [5.41, 5.74) is -2.77. The van der Waals surface area contributed by atoms with E-state index in [9.17, 15) is 31.1 Å². The minimum absolute atomic E-state index is 0.365. The summed E-state index contributed by atoms with van der Waals surface area (Å²) >= 11 is 0. The van der Waals surface area contributed by atoms with Gasteiger partial charge in [0.15, 0.2) is 23.3 Å². The molecule has 0 saturated carbocycles. The highest BCUT2D eigenvalue weighted by atomic mass is 19.2. The maximum atomic E-state index is 13.9. The van der Waals surface area contributed by atoms with Crippen LogP contribution in [-0.4, -0.2) is 11.1 Å². The predicted octanol–water partition coefficient (Wildman–Crippen LogP) is 4.29. The lowest BCUT2D eigenvalue weighted by Crippen LogP contribution is -2.06. The lowest BCUT2D eigenvalue weighted by molar-refractivity contribution is -0.131. The van der Waals surface area contributed by atoms with Crippen molar-refractivity contribution in [1.29, 1.82) is 0 Å². The Hall–Kier alpha value is -2.77. The summed E-state index contributed by atoms with van der Waals surface area (Å²) in [6.45, 7) is 0. The van der Waals surface area contributed by atoms with E-state index in [1.165, 1.54) is 0 Å². The number of aliphatic carboxylic acids is 1. The van der Waals surface area contributed by atoms with Crippen LogP contribution in [0.15, 0.2) is 24.3 Å². The first-order chi connectivity index (χ1) is 10.8. The van der Waals surface area contributed by atoms with Gasteiger partial charge in [0, 0.05) is 11.6 Å². The molecule has 1 N–H and O–H groups in total. The van der Waals surface area contributed by atoms with Gasteiger partial charge in [0.05, 0.1) is 5.56 Å². The van der Waals surface area contributed by atoms with Crippen LogP contribution < -0.4 is 0 Å². The highest BCUT2D eigenvalue weighted by Gasteiger charge is 2.29. The molecule has 0 bridgehead atoms. The van der Waals surface area contributed by atoms with E-state index in [-0.39, 0.29) is 5.56 Å². The maximum absolute atomic E-state index is 13.9. The van der Waals surface area contributed by atoms with Gasteiger partial charge < -0.3 is 5.11 Å². The molecular weight excluding hydrogens is 326 g/mol. The molecule has 0 amide bonds. The highest BCUT2D eigenvalue weighted by Crippen LogP contribution is 2.35. The minimum atomic E-state index is -2.37. The van der Waals surface area contributed by atoms with Crippen molar-refractivity contribution in [3.05, 3.63) is 64.7 Å². The molecule has 2 rings (SSSR count). The van der Waals surface area contributed by atoms with Crippen molar-refractivity contribution in [1.82, 2.24) is 0 Å². The number of rotatable bonds is 3. The molecule has 0 atom stereocenters. The summed E-state index contributed by atoms with van der Waals surface area (Å²) in [6.07, 6.45) is 1.31. The van der Waals surface area contributed by atoms with Gasteiger partial charge in [-0.15, -0.1) is 0 Å². The van der Waals surface area contributed by atoms with E-state index in [4.69, 9.17) is 5.11 Å². The third kappa shape index (κ3) is 2.92. The molecule has 2 aromatic carbocycles. The number of hydrogen-bond donors (Lipinski definition) is 1. The standard InChI is InChI=1S/C15H6F6O2/c16-7-3-1-2-6(4-5-8(22)23)9(7)10-11(17)13(19)15(21)14(20)12(10)18/h1-5H,(H,22,23)/b5-4-. The topological polar surface area (TPSA) is 37.3 Å². The number of carboxylic acid groups (broad SMARTS) is 1. The van der Waals surface area contributed by atoms with Gasteiger partial charge in [-0.25, -0.2) is 31.1 Å². The van der Waals surface area contributed by atoms with Crippen molar-refractivity contribution in [2.75, 3.05) is 0 Å². The first kappa shape index (κ1) is 16.6. The van der Waals surface area contributed by atoms with Crippen LogP contribution in [0.3, 0.4) is 0 Å². The second-order valence-electron chi connectivity index (χ2n) is 4.32. The summed E-state index contributed by atoms with van der Waals surface area (Å²) in [5, 5.41) is 8.54. The Labute approximate surface area is 125 Å². The number of benzene rings is 2. The SMILES string of the molecule is O=C(O)/C=C\c1cccc(F)c1-c1c(F)c(F)c(F)c(F)c1F. The lowest BCUT2D eigenvalue weighted by atomic mass is 9.97. The fourth-order valence-corrected chi connectivity index (χ4v) is 1.93. The van der Waals surface area contributed by atoms with Crippen molar-refractivity contribution in [3.63, 3.8) is 0 Å². The van der Waals surface area contributed by atoms with E-state index < -0.39 is 52.0 Å². The molecule has 0 fully saturated rings. The van der Waals surface area contributed by atoms with Crippen molar-refractivity contribution in [2.45, 2.75) is 0 Å². The molecule has 0 spiro atoms. The quantitative estimate of drug-likeness (QED) is 0.394. The van der Waals surface area contributed by atoms with Crippen LogP contribution in [0.1, 0.15) is 5.56 Å². The number of halogens is 6. The maximum Gasteiger partial charge on any atom is 0.328 e. The molecule has 0 unspecified atom stereocenters. The summed E-state index contributed by atoms with van der Waals surface area (Å²) in [7, 11) is 0. The van der Waals surface area contributed by atoms with Gasteiger partial charge in [-0.2, -0.15) is 0 Å². The van der Waals surface area contributed by atoms with Gasteiger partial charge in [0.1, 0.15) is 5.82 Å². The molecule has 0 aliphatic rings. The van der Waals surface area contributed by atoms with Crippen LogP contribution in [0.4, 0.5) is 26.3 Å². The molecule has 0 radical (unpaired) electrons. The molecule has 0 aliphatic heterocycles. The normalized spacial score (nSPS) is 11.2. The van der Waals surface area contributed by atoms with Gasteiger partial charge in [0.25, 0.3) is 0 Å². The Kier molecular flexibility index (Phi) is 4.44. The zero-order valence-electron chi connectivity index (χ0n) is 11.0. The van der Waals surface area contributed by atoms with E-state index in [1.54, 1.807) is 0 Å². The zero-order valence-corrected chi connectivity index (χ0v) is 11.0. The lowest BCUT2D eigenvalue weighted by Gasteiger charge is -2.12. The second-order valence-corrected chi connectivity index (χ2v) is 4.32. The Bertz CT molecular complexity index is 800. The average Bonchev–Trinajstić information content (AvgIpc) is 2.51. The molecule has 120 valence electrons. The number of hydrogen-bond acceptors (Lipinski definition) is 1. The molecule has 0 aliphatic carbocycles. The van der Waals surface area contributed by atoms with Gasteiger partial charge in [-0.1, -0.05) is 12.1 Å². The van der Waals surface area contributed by atoms with Crippen molar-refractivity contribution in [2.24, 2.45) is 0 Å². The Morgan fingerprint density at radius 2 is 1.35 bits per heavy atom. The zero-order chi connectivity index (χ0) is 17.3. The largest absolute Gasteiger partial charge is 0.478 e. The molecule has 0 heterocycles. The second kappa shape index (κ2) is 6.15. The van der Waals surface area contributed by atoms with Crippen LogP contribution in [0.25, 0.3) is 17.2 Å². The summed E-state index contributed by atoms with van der Waals surface area (Å²) in [6, 6.07) is 2.90. The Morgan fingerprint density at radius 3 is 1.87 bits per heavy atom. The van der Waals surface area contributed by atoms with Gasteiger partial charge in [0.2, 0.25) is 5.82 Å². The molecule has 8 heteroatoms. The van der Waals surface area contributed by atoms with E-state index in [1.807, 2.05) is 0 Å². The molecular formula is C15H6F6O2. The first-order valence-electron chi connectivity index (χ1n) is 5.97. The average molecular weight is 332 g/mol. The summed E-state index contributed by atoms with van der Waals surface area (Å²) in [5.74, 6) is -14.0. The van der Waals surface area contributed by atoms with E-state index >= 15 is 0 Å². The van der Waals surface area contributed by atoms with Crippen LogP contribution in [-0.2, 0) is 4.79 Å². The van der Waals surface area contributed by atoms with Crippen LogP contribution in [0.2, 0.25) is 0 Å². The number of carboxylic acids is 1. The Balaban J connectivity index is 2.85.